The number of amides is 2. The lowest BCUT2D eigenvalue weighted by Gasteiger charge is -2.11. The maximum absolute atomic E-state index is 11.5. The Hall–Kier alpha value is -1.74. The van der Waals surface area contributed by atoms with Crippen molar-refractivity contribution in [1.29, 1.82) is 0 Å². The lowest BCUT2D eigenvalue weighted by molar-refractivity contribution is -0.118. The average molecular weight is 331 g/mol. The van der Waals surface area contributed by atoms with Crippen LogP contribution in [0, 0.1) is 0 Å². The molecule has 1 aliphatic rings. The van der Waals surface area contributed by atoms with Gasteiger partial charge in [-0.1, -0.05) is 17.8 Å². The Morgan fingerprint density at radius 2 is 2.00 bits per heavy atom. The largest absolute Gasteiger partial charge is 0.493 e. The molecule has 1 aromatic rings. The molecule has 1 N–H and O–H groups in total. The van der Waals surface area contributed by atoms with Crippen LogP contribution >= 0.6 is 11.8 Å². The minimum Gasteiger partial charge on any atom is -0.493 e. The van der Waals surface area contributed by atoms with Crippen molar-refractivity contribution in [3.8, 4) is 11.5 Å². The molecular weight excluding hydrogens is 318 g/mol. The Morgan fingerprint density at radius 1 is 1.29 bits per heavy atom. The number of carbonyl (C=O) groups excluding carboxylic acids is 2. The molecule has 7 nitrogen and oxygen atoms in total. The Morgan fingerprint density at radius 3 is 2.52 bits per heavy atom. The third kappa shape index (κ3) is 4.11. The molecule has 1 aromatic carbocycles. The second-order valence-electron chi connectivity index (χ2n) is 4.36. The first-order valence-corrected chi connectivity index (χ1v) is 8.56. The molecule has 0 aliphatic carbocycles. The second kappa shape index (κ2) is 5.94. The number of ether oxygens (including phenoxy) is 1. The van der Waals surface area contributed by atoms with Crippen LogP contribution in [0.4, 0.5) is 4.79 Å². The molecule has 114 valence electrons. The van der Waals surface area contributed by atoms with Gasteiger partial charge in [0.25, 0.3) is 5.24 Å². The van der Waals surface area contributed by atoms with Gasteiger partial charge in [-0.05, 0) is 24.1 Å². The van der Waals surface area contributed by atoms with Crippen LogP contribution in [0.25, 0.3) is 0 Å². The number of carbonyl (C=O) groups is 2. The van der Waals surface area contributed by atoms with Crippen molar-refractivity contribution in [3.05, 3.63) is 23.8 Å². The molecule has 9 heteroatoms. The van der Waals surface area contributed by atoms with Crippen LogP contribution in [0.5, 0.6) is 11.5 Å². The zero-order chi connectivity index (χ0) is 15.6. The normalized spacial score (nSPS) is 18.5. The third-order valence-electron chi connectivity index (χ3n) is 2.66. The van der Waals surface area contributed by atoms with Crippen molar-refractivity contribution < 1.29 is 26.9 Å². The molecule has 0 aromatic heterocycles. The zero-order valence-corrected chi connectivity index (χ0v) is 12.9. The number of imide groups is 1. The molecule has 2 rings (SSSR count). The van der Waals surface area contributed by atoms with Crippen molar-refractivity contribution >= 4 is 33.0 Å². The van der Waals surface area contributed by atoms with E-state index in [1.807, 2.05) is 0 Å². The summed E-state index contributed by atoms with van der Waals surface area (Å²) in [5.74, 6) is -0.0172. The summed E-state index contributed by atoms with van der Waals surface area (Å²) in [4.78, 5) is 22.6. The Balaban J connectivity index is 2.19. The fraction of sp³-hybridized carbons (Fsp3) is 0.333. The number of rotatable bonds is 5. The van der Waals surface area contributed by atoms with Crippen molar-refractivity contribution in [2.45, 2.75) is 11.7 Å². The van der Waals surface area contributed by atoms with Crippen LogP contribution in [0.2, 0.25) is 0 Å². The SMILES string of the molecule is COc1cc(CC2SC(=O)NC2=O)ccc1OS(C)(=O)=O. The fourth-order valence-corrected chi connectivity index (χ4v) is 3.14. The number of thioether (sulfide) groups is 1. The number of hydrogen-bond acceptors (Lipinski definition) is 7. The van der Waals surface area contributed by atoms with Gasteiger partial charge in [0.1, 0.15) is 0 Å². The van der Waals surface area contributed by atoms with E-state index in [0.29, 0.717) is 6.42 Å². The summed E-state index contributed by atoms with van der Waals surface area (Å²) in [6.45, 7) is 0. The monoisotopic (exact) mass is 331 g/mol. The minimum absolute atomic E-state index is 0.0725. The van der Waals surface area contributed by atoms with Crippen LogP contribution in [0.3, 0.4) is 0 Å². The highest BCUT2D eigenvalue weighted by atomic mass is 32.2. The van der Waals surface area contributed by atoms with Gasteiger partial charge in [-0.15, -0.1) is 0 Å². The number of benzene rings is 1. The van der Waals surface area contributed by atoms with Gasteiger partial charge in [0.2, 0.25) is 5.91 Å². The average Bonchev–Trinajstić information content (AvgIpc) is 2.68. The molecule has 2 amide bonds. The second-order valence-corrected chi connectivity index (χ2v) is 7.11. The van der Waals surface area contributed by atoms with Gasteiger partial charge in [-0.25, -0.2) is 0 Å². The molecule has 1 fully saturated rings. The first-order chi connectivity index (χ1) is 9.78. The van der Waals surface area contributed by atoms with E-state index in [1.54, 1.807) is 12.1 Å². The summed E-state index contributed by atoms with van der Waals surface area (Å²) in [5.41, 5.74) is 0.732. The molecule has 1 atom stereocenters. The molecule has 0 bridgehead atoms. The van der Waals surface area contributed by atoms with Gasteiger partial charge in [-0.3, -0.25) is 14.9 Å². The predicted molar refractivity (Wildman–Crippen MR) is 77.1 cm³/mol. The maximum Gasteiger partial charge on any atom is 0.306 e. The molecule has 0 spiro atoms. The lowest BCUT2D eigenvalue weighted by atomic mass is 10.1. The fourth-order valence-electron chi connectivity index (χ4n) is 1.81. The molecule has 21 heavy (non-hydrogen) atoms. The van der Waals surface area contributed by atoms with E-state index in [2.05, 4.69) is 5.32 Å². The van der Waals surface area contributed by atoms with Crippen LogP contribution < -0.4 is 14.2 Å². The maximum atomic E-state index is 11.5. The summed E-state index contributed by atoms with van der Waals surface area (Å²) < 4.78 is 32.2. The third-order valence-corrected chi connectivity index (χ3v) is 4.12. The molecule has 1 unspecified atom stereocenters. The van der Waals surface area contributed by atoms with Crippen LogP contribution in [0.1, 0.15) is 5.56 Å². The minimum atomic E-state index is -3.65. The van der Waals surface area contributed by atoms with Gasteiger partial charge in [0, 0.05) is 0 Å². The molecule has 0 saturated carbocycles. The van der Waals surface area contributed by atoms with E-state index in [4.69, 9.17) is 8.92 Å². The molecule has 1 saturated heterocycles. The summed E-state index contributed by atoms with van der Waals surface area (Å²) in [6.07, 6.45) is 1.27. The van der Waals surface area contributed by atoms with Crippen molar-refractivity contribution in [3.63, 3.8) is 0 Å². The van der Waals surface area contributed by atoms with E-state index in [0.717, 1.165) is 23.6 Å². The van der Waals surface area contributed by atoms with Crippen LogP contribution in [-0.4, -0.2) is 38.2 Å². The first-order valence-electron chi connectivity index (χ1n) is 5.86. The highest BCUT2D eigenvalue weighted by Gasteiger charge is 2.31. The molecule has 1 heterocycles. The molecule has 0 radical (unpaired) electrons. The summed E-state index contributed by atoms with van der Waals surface area (Å²) >= 11 is 0.929. The molecule has 1 aliphatic heterocycles. The summed E-state index contributed by atoms with van der Waals surface area (Å²) in [5, 5.41) is 1.34. The standard InChI is InChI=1S/C12H13NO6S2/c1-18-9-5-7(3-4-8(9)19-21(2,16)17)6-10-11(14)13-12(15)20-10/h3-5,10H,6H2,1-2H3,(H,13,14,15). The number of hydrogen-bond donors (Lipinski definition) is 1. The summed E-state index contributed by atoms with van der Waals surface area (Å²) in [7, 11) is -2.27. The van der Waals surface area contributed by atoms with E-state index in [9.17, 15) is 18.0 Å². The van der Waals surface area contributed by atoms with Gasteiger partial charge >= 0.3 is 10.1 Å². The Bertz CT molecular complexity index is 685. The number of nitrogens with one attached hydrogen (secondary N) is 1. The van der Waals surface area contributed by atoms with Gasteiger partial charge in [0.05, 0.1) is 18.6 Å². The number of methoxy groups -OCH3 is 1. The van der Waals surface area contributed by atoms with E-state index < -0.39 is 15.4 Å². The van der Waals surface area contributed by atoms with Gasteiger partial charge in [0.15, 0.2) is 11.5 Å². The van der Waals surface area contributed by atoms with Crippen molar-refractivity contribution in [1.82, 2.24) is 5.32 Å². The quantitative estimate of drug-likeness (QED) is 0.801. The smallest absolute Gasteiger partial charge is 0.306 e. The lowest BCUT2D eigenvalue weighted by Crippen LogP contribution is -2.25. The van der Waals surface area contributed by atoms with Gasteiger partial charge in [-0.2, -0.15) is 8.42 Å². The van der Waals surface area contributed by atoms with Crippen molar-refractivity contribution in [2.75, 3.05) is 13.4 Å². The van der Waals surface area contributed by atoms with Crippen LogP contribution in [-0.2, 0) is 21.3 Å². The van der Waals surface area contributed by atoms with Crippen LogP contribution in [0.15, 0.2) is 18.2 Å². The highest BCUT2D eigenvalue weighted by molar-refractivity contribution is 8.15. The van der Waals surface area contributed by atoms with E-state index >= 15 is 0 Å². The topological polar surface area (TPSA) is 98.8 Å². The first kappa shape index (κ1) is 15.6. The Kier molecular flexibility index (Phi) is 4.43. The Labute approximate surface area is 126 Å². The summed E-state index contributed by atoms with van der Waals surface area (Å²) in [6, 6.07) is 4.66. The predicted octanol–water partition coefficient (Wildman–Crippen LogP) is 0.928. The molecular formula is C12H13NO6S2. The van der Waals surface area contributed by atoms with E-state index in [1.165, 1.54) is 13.2 Å². The van der Waals surface area contributed by atoms with Gasteiger partial charge < -0.3 is 8.92 Å². The van der Waals surface area contributed by atoms with E-state index in [-0.39, 0.29) is 22.6 Å². The van der Waals surface area contributed by atoms with Crippen molar-refractivity contribution in [2.24, 2.45) is 0 Å². The zero-order valence-electron chi connectivity index (χ0n) is 11.3. The highest BCUT2D eigenvalue weighted by Crippen LogP contribution is 2.31.